The molecule has 0 amide bonds. The second kappa shape index (κ2) is 8.04. The molecule has 0 aliphatic carbocycles. The summed E-state index contributed by atoms with van der Waals surface area (Å²) in [4.78, 5) is 0. The van der Waals surface area contributed by atoms with E-state index in [1.807, 2.05) is 0 Å². The summed E-state index contributed by atoms with van der Waals surface area (Å²) in [6.45, 7) is 0. The van der Waals surface area contributed by atoms with Gasteiger partial charge in [-0.15, -0.1) is 17.5 Å². The van der Waals surface area contributed by atoms with E-state index in [9.17, 15) is 0 Å². The minimum Gasteiger partial charge on any atom is -0.493 e. The Kier molecular flexibility index (Phi) is 7.13. The lowest BCUT2D eigenvalue weighted by molar-refractivity contribution is 0.324. The Balaban J connectivity index is 0.00000324. The number of hydrogen-bond acceptors (Lipinski definition) is 5. The van der Waals surface area contributed by atoms with Gasteiger partial charge in [0.2, 0.25) is 11.7 Å². The molecule has 0 bridgehead atoms. The molecule has 0 saturated heterocycles. The van der Waals surface area contributed by atoms with Gasteiger partial charge in [0, 0.05) is 5.56 Å². The summed E-state index contributed by atoms with van der Waals surface area (Å²) in [6, 6.07) is 3.46. The lowest BCUT2D eigenvalue weighted by Crippen LogP contribution is -2.21. The molecule has 1 aromatic rings. The summed E-state index contributed by atoms with van der Waals surface area (Å²) in [7, 11) is 4.61. The van der Waals surface area contributed by atoms with E-state index in [4.69, 9.17) is 25.7 Å². The average Bonchev–Trinajstić information content (AvgIpc) is 2.36. The number of nitrogens with two attached hydrogens (primary N) is 2. The number of halogens is 1. The van der Waals surface area contributed by atoms with Gasteiger partial charge in [-0.2, -0.15) is 5.10 Å². The monoisotopic (exact) mass is 288 g/mol. The first-order valence-corrected chi connectivity index (χ1v) is 5.04. The highest BCUT2D eigenvalue weighted by Gasteiger charge is 2.12. The van der Waals surface area contributed by atoms with Crippen LogP contribution in [0.5, 0.6) is 17.2 Å². The third kappa shape index (κ3) is 4.55. The number of guanidine groups is 1. The number of nitrogens with zero attached hydrogens (tertiary/aromatic N) is 2. The largest absolute Gasteiger partial charge is 0.493 e. The van der Waals surface area contributed by atoms with Gasteiger partial charge in [0.15, 0.2) is 11.5 Å². The van der Waals surface area contributed by atoms with Crippen LogP contribution in [0, 0.1) is 0 Å². The first-order chi connectivity index (χ1) is 8.62. The molecule has 0 atom stereocenters. The van der Waals surface area contributed by atoms with E-state index in [0.29, 0.717) is 17.2 Å². The summed E-state index contributed by atoms with van der Waals surface area (Å²) < 4.78 is 15.6. The fraction of sp³-hybridized carbons (Fsp3) is 0.273. The molecule has 0 aliphatic heterocycles. The van der Waals surface area contributed by atoms with Crippen molar-refractivity contribution in [3.63, 3.8) is 0 Å². The normalized spacial score (nSPS) is 9.63. The van der Waals surface area contributed by atoms with E-state index in [0.717, 1.165) is 5.56 Å². The molecule has 1 rings (SSSR count). The Labute approximate surface area is 117 Å². The molecule has 0 heterocycles. The summed E-state index contributed by atoms with van der Waals surface area (Å²) in [5.41, 5.74) is 11.0. The minimum absolute atomic E-state index is 0. The average molecular weight is 289 g/mol. The van der Waals surface area contributed by atoms with E-state index in [-0.39, 0.29) is 18.4 Å². The van der Waals surface area contributed by atoms with Crippen LogP contribution in [0.4, 0.5) is 0 Å². The number of ether oxygens (including phenoxy) is 3. The SMILES string of the molecule is COc1cc(/C=N/N=C(N)N)cc(OC)c1OC.Cl. The molecule has 7 nitrogen and oxygen atoms in total. The summed E-state index contributed by atoms with van der Waals surface area (Å²) in [6.07, 6.45) is 1.48. The Morgan fingerprint density at radius 1 is 1.05 bits per heavy atom. The van der Waals surface area contributed by atoms with E-state index in [1.54, 1.807) is 12.1 Å². The van der Waals surface area contributed by atoms with Crippen molar-refractivity contribution in [2.45, 2.75) is 0 Å². The number of methoxy groups -OCH3 is 3. The maximum absolute atomic E-state index is 5.19. The van der Waals surface area contributed by atoms with Gasteiger partial charge < -0.3 is 25.7 Å². The molecule has 0 fully saturated rings. The van der Waals surface area contributed by atoms with Crippen molar-refractivity contribution in [1.29, 1.82) is 0 Å². The molecule has 4 N–H and O–H groups in total. The van der Waals surface area contributed by atoms with Crippen LogP contribution in [-0.4, -0.2) is 33.5 Å². The predicted molar refractivity (Wildman–Crippen MR) is 76.7 cm³/mol. The minimum atomic E-state index is -0.112. The lowest BCUT2D eigenvalue weighted by atomic mass is 10.2. The molecule has 19 heavy (non-hydrogen) atoms. The van der Waals surface area contributed by atoms with Crippen LogP contribution in [0.2, 0.25) is 0 Å². The molecule has 8 heteroatoms. The molecule has 0 spiro atoms. The molecule has 0 aromatic heterocycles. The second-order valence-corrected chi connectivity index (χ2v) is 3.23. The third-order valence-corrected chi connectivity index (χ3v) is 2.07. The van der Waals surface area contributed by atoms with Crippen LogP contribution < -0.4 is 25.7 Å². The van der Waals surface area contributed by atoms with Crippen LogP contribution in [0.3, 0.4) is 0 Å². The first-order valence-electron chi connectivity index (χ1n) is 5.04. The van der Waals surface area contributed by atoms with Crippen molar-refractivity contribution in [2.75, 3.05) is 21.3 Å². The Morgan fingerprint density at radius 2 is 1.58 bits per heavy atom. The molecule has 0 unspecified atom stereocenters. The zero-order valence-corrected chi connectivity index (χ0v) is 11.7. The van der Waals surface area contributed by atoms with E-state index >= 15 is 0 Å². The molecule has 1 aromatic carbocycles. The molecule has 0 saturated carbocycles. The van der Waals surface area contributed by atoms with Crippen molar-refractivity contribution in [3.05, 3.63) is 17.7 Å². The Morgan fingerprint density at radius 3 is 1.95 bits per heavy atom. The van der Waals surface area contributed by atoms with Crippen molar-refractivity contribution in [1.82, 2.24) is 0 Å². The van der Waals surface area contributed by atoms with Crippen molar-refractivity contribution in [3.8, 4) is 17.2 Å². The van der Waals surface area contributed by atoms with Crippen LogP contribution in [0.1, 0.15) is 5.56 Å². The molecular formula is C11H17ClN4O3. The van der Waals surface area contributed by atoms with Crippen LogP contribution in [0.15, 0.2) is 22.3 Å². The van der Waals surface area contributed by atoms with Gasteiger partial charge in [-0.3, -0.25) is 0 Å². The van der Waals surface area contributed by atoms with Gasteiger partial charge in [0.25, 0.3) is 0 Å². The topological polar surface area (TPSA) is 104 Å². The van der Waals surface area contributed by atoms with Gasteiger partial charge in [0.1, 0.15) is 0 Å². The molecule has 0 radical (unpaired) electrons. The summed E-state index contributed by atoms with van der Waals surface area (Å²) in [5.74, 6) is 1.46. The van der Waals surface area contributed by atoms with Gasteiger partial charge in [-0.1, -0.05) is 0 Å². The number of hydrogen-bond donors (Lipinski definition) is 2. The number of benzene rings is 1. The fourth-order valence-electron chi connectivity index (χ4n) is 1.34. The van der Waals surface area contributed by atoms with E-state index in [1.165, 1.54) is 27.5 Å². The Bertz CT molecular complexity index is 448. The quantitative estimate of drug-likeness (QED) is 0.472. The van der Waals surface area contributed by atoms with Gasteiger partial charge >= 0.3 is 0 Å². The highest BCUT2D eigenvalue weighted by Crippen LogP contribution is 2.37. The highest BCUT2D eigenvalue weighted by atomic mass is 35.5. The van der Waals surface area contributed by atoms with Crippen LogP contribution in [0.25, 0.3) is 0 Å². The lowest BCUT2D eigenvalue weighted by Gasteiger charge is -2.12. The standard InChI is InChI=1S/C11H16N4O3.ClH/c1-16-8-4-7(6-14-15-11(12)13)5-9(17-2)10(8)18-3;/h4-6H,1-3H3,(H4,12,13,15);1H/b14-6+;. The van der Waals surface area contributed by atoms with Crippen molar-refractivity contribution < 1.29 is 14.2 Å². The maximum atomic E-state index is 5.19. The molecular weight excluding hydrogens is 272 g/mol. The third-order valence-electron chi connectivity index (χ3n) is 2.07. The molecule has 0 aliphatic rings. The maximum Gasteiger partial charge on any atom is 0.211 e. The van der Waals surface area contributed by atoms with Crippen molar-refractivity contribution >= 4 is 24.6 Å². The van der Waals surface area contributed by atoms with Gasteiger partial charge in [0.05, 0.1) is 27.5 Å². The van der Waals surface area contributed by atoms with Crippen molar-refractivity contribution in [2.24, 2.45) is 21.7 Å². The van der Waals surface area contributed by atoms with Crippen LogP contribution in [-0.2, 0) is 0 Å². The van der Waals surface area contributed by atoms with Gasteiger partial charge in [-0.25, -0.2) is 0 Å². The summed E-state index contributed by atoms with van der Waals surface area (Å²) >= 11 is 0. The summed E-state index contributed by atoms with van der Waals surface area (Å²) in [5, 5.41) is 7.21. The predicted octanol–water partition coefficient (Wildman–Crippen LogP) is 0.742. The van der Waals surface area contributed by atoms with Crippen LogP contribution >= 0.6 is 12.4 Å². The second-order valence-electron chi connectivity index (χ2n) is 3.23. The number of rotatable bonds is 5. The smallest absolute Gasteiger partial charge is 0.211 e. The molecule has 106 valence electrons. The van der Waals surface area contributed by atoms with E-state index < -0.39 is 0 Å². The fourth-order valence-corrected chi connectivity index (χ4v) is 1.34. The van der Waals surface area contributed by atoms with Gasteiger partial charge in [-0.05, 0) is 12.1 Å². The highest BCUT2D eigenvalue weighted by molar-refractivity contribution is 5.85. The zero-order valence-electron chi connectivity index (χ0n) is 10.9. The van der Waals surface area contributed by atoms with E-state index in [2.05, 4.69) is 10.2 Å². The zero-order chi connectivity index (χ0) is 13.5. The Hall–Kier alpha value is -2.15. The first kappa shape index (κ1) is 16.9.